The molecule has 0 radical (unpaired) electrons. The monoisotopic (exact) mass is 371 g/mol. The lowest BCUT2D eigenvalue weighted by Gasteiger charge is -2.21. The molecule has 2 aliphatic rings. The van der Waals surface area contributed by atoms with Crippen molar-refractivity contribution in [1.29, 1.82) is 0 Å². The summed E-state index contributed by atoms with van der Waals surface area (Å²) >= 11 is 5.68. The Labute approximate surface area is 139 Å². The van der Waals surface area contributed by atoms with E-state index in [0.29, 0.717) is 19.3 Å². The highest BCUT2D eigenvalue weighted by atomic mass is 79.9. The van der Waals surface area contributed by atoms with Gasteiger partial charge >= 0.3 is 0 Å². The maximum Gasteiger partial charge on any atom is 0.175 e. The molecular weight excluding hydrogens is 350 g/mol. The lowest BCUT2D eigenvalue weighted by atomic mass is 10.1. The predicted octanol–water partition coefficient (Wildman–Crippen LogP) is 3.98. The van der Waals surface area contributed by atoms with E-state index in [4.69, 9.17) is 9.47 Å². The second-order valence-corrected chi connectivity index (χ2v) is 8.00. The van der Waals surface area contributed by atoms with Crippen molar-refractivity contribution >= 4 is 27.7 Å². The highest BCUT2D eigenvalue weighted by Crippen LogP contribution is 2.38. The van der Waals surface area contributed by atoms with E-state index in [9.17, 15) is 0 Å². The molecular formula is C16H22BrNO2S. The molecule has 1 N–H and O–H groups in total. The van der Waals surface area contributed by atoms with Crippen molar-refractivity contribution in [3.05, 3.63) is 22.2 Å². The first-order chi connectivity index (χ1) is 10.3. The van der Waals surface area contributed by atoms with E-state index in [1.165, 1.54) is 30.6 Å². The minimum absolute atomic E-state index is 0.627. The first-order valence-corrected chi connectivity index (χ1v) is 9.53. The average molecular weight is 372 g/mol. The van der Waals surface area contributed by atoms with Crippen LogP contribution >= 0.6 is 27.7 Å². The van der Waals surface area contributed by atoms with Crippen LogP contribution in [0, 0.1) is 0 Å². The van der Waals surface area contributed by atoms with Gasteiger partial charge in [-0.1, -0.05) is 6.92 Å². The van der Waals surface area contributed by atoms with Gasteiger partial charge in [0, 0.05) is 17.8 Å². The Balaban J connectivity index is 1.57. The zero-order valence-electron chi connectivity index (χ0n) is 12.4. The van der Waals surface area contributed by atoms with Crippen LogP contribution in [0.5, 0.6) is 11.5 Å². The normalized spacial score (nSPS) is 24.3. The van der Waals surface area contributed by atoms with Gasteiger partial charge in [-0.3, -0.25) is 0 Å². The largest absolute Gasteiger partial charge is 0.486 e. The molecule has 0 spiro atoms. The molecule has 1 aromatic carbocycles. The molecule has 1 aliphatic carbocycles. The van der Waals surface area contributed by atoms with Crippen LogP contribution in [0.2, 0.25) is 0 Å². The number of hydrogen-bond donors (Lipinski definition) is 1. The molecule has 116 valence electrons. The van der Waals surface area contributed by atoms with Crippen LogP contribution in [0.15, 0.2) is 16.6 Å². The molecule has 1 heterocycles. The lowest BCUT2D eigenvalue weighted by molar-refractivity contribution is 0.170. The van der Waals surface area contributed by atoms with E-state index in [-0.39, 0.29) is 0 Å². The predicted molar refractivity (Wildman–Crippen MR) is 91.5 cm³/mol. The summed E-state index contributed by atoms with van der Waals surface area (Å²) in [5.41, 5.74) is 1.25. The van der Waals surface area contributed by atoms with Gasteiger partial charge in [0.15, 0.2) is 11.5 Å². The molecule has 3 rings (SSSR count). The summed E-state index contributed by atoms with van der Waals surface area (Å²) in [5, 5.41) is 4.54. The van der Waals surface area contributed by atoms with Crippen LogP contribution in [0.3, 0.4) is 0 Å². The second-order valence-electron chi connectivity index (χ2n) is 5.57. The Morgan fingerprint density at radius 2 is 2.14 bits per heavy atom. The zero-order chi connectivity index (χ0) is 14.7. The van der Waals surface area contributed by atoms with Gasteiger partial charge in [0.1, 0.15) is 13.2 Å². The summed E-state index contributed by atoms with van der Waals surface area (Å²) in [6.45, 7) is 4.40. The minimum Gasteiger partial charge on any atom is -0.486 e. The number of benzene rings is 1. The van der Waals surface area contributed by atoms with E-state index in [1.54, 1.807) is 0 Å². The zero-order valence-corrected chi connectivity index (χ0v) is 14.8. The van der Waals surface area contributed by atoms with Crippen molar-refractivity contribution in [2.75, 3.05) is 19.0 Å². The van der Waals surface area contributed by atoms with Crippen molar-refractivity contribution in [3.8, 4) is 11.5 Å². The molecule has 3 nitrogen and oxygen atoms in total. The van der Waals surface area contributed by atoms with Gasteiger partial charge in [-0.05, 0) is 58.6 Å². The quantitative estimate of drug-likeness (QED) is 0.847. The van der Waals surface area contributed by atoms with Gasteiger partial charge in [0.25, 0.3) is 0 Å². The fourth-order valence-corrected chi connectivity index (χ4v) is 4.79. The topological polar surface area (TPSA) is 30.5 Å². The highest BCUT2D eigenvalue weighted by molar-refractivity contribution is 9.10. The van der Waals surface area contributed by atoms with Crippen LogP contribution in [-0.4, -0.2) is 30.3 Å². The van der Waals surface area contributed by atoms with E-state index in [2.05, 4.69) is 52.1 Å². The first-order valence-electron chi connectivity index (χ1n) is 7.69. The SMILES string of the molecule is CCSC1CCC(NCc2cc(Br)c3c(c2)OCCO3)C1. The summed E-state index contributed by atoms with van der Waals surface area (Å²) in [7, 11) is 0. The molecule has 0 aromatic heterocycles. The molecule has 1 saturated carbocycles. The standard InChI is InChI=1S/C16H22BrNO2S/c1-2-21-13-4-3-12(9-13)18-10-11-7-14(17)16-15(8-11)19-5-6-20-16/h7-8,12-13,18H,2-6,9-10H2,1H3. The van der Waals surface area contributed by atoms with Crippen LogP contribution in [0.1, 0.15) is 31.7 Å². The molecule has 21 heavy (non-hydrogen) atoms. The van der Waals surface area contributed by atoms with Crippen LogP contribution in [0.25, 0.3) is 0 Å². The maximum absolute atomic E-state index is 5.68. The van der Waals surface area contributed by atoms with Crippen LogP contribution in [-0.2, 0) is 6.54 Å². The van der Waals surface area contributed by atoms with E-state index in [0.717, 1.165) is 27.8 Å². The Morgan fingerprint density at radius 3 is 3.00 bits per heavy atom. The van der Waals surface area contributed by atoms with Crippen molar-refractivity contribution < 1.29 is 9.47 Å². The third-order valence-corrected chi connectivity index (χ3v) is 5.86. The first kappa shape index (κ1) is 15.5. The molecule has 0 saturated heterocycles. The Kier molecular flexibility index (Phi) is 5.35. The molecule has 2 unspecified atom stereocenters. The fraction of sp³-hybridized carbons (Fsp3) is 0.625. The lowest BCUT2D eigenvalue weighted by Crippen LogP contribution is -2.26. The molecule has 1 fully saturated rings. The minimum atomic E-state index is 0.627. The summed E-state index contributed by atoms with van der Waals surface area (Å²) in [6.07, 6.45) is 3.94. The van der Waals surface area contributed by atoms with Gasteiger partial charge in [-0.15, -0.1) is 0 Å². The van der Waals surface area contributed by atoms with Crippen molar-refractivity contribution in [2.24, 2.45) is 0 Å². The van der Waals surface area contributed by atoms with Crippen molar-refractivity contribution in [2.45, 2.75) is 44.0 Å². The van der Waals surface area contributed by atoms with Gasteiger partial charge in [-0.25, -0.2) is 0 Å². The molecule has 1 aliphatic heterocycles. The van der Waals surface area contributed by atoms with E-state index < -0.39 is 0 Å². The van der Waals surface area contributed by atoms with Crippen LogP contribution in [0.4, 0.5) is 0 Å². The number of thioether (sulfide) groups is 1. The summed E-state index contributed by atoms with van der Waals surface area (Å²) in [4.78, 5) is 0. The van der Waals surface area contributed by atoms with Gasteiger partial charge in [0.2, 0.25) is 0 Å². The maximum atomic E-state index is 5.68. The van der Waals surface area contributed by atoms with E-state index in [1.807, 2.05) is 0 Å². The summed E-state index contributed by atoms with van der Waals surface area (Å²) in [5.74, 6) is 2.93. The Morgan fingerprint density at radius 1 is 1.29 bits per heavy atom. The second kappa shape index (κ2) is 7.25. The van der Waals surface area contributed by atoms with Gasteiger partial charge < -0.3 is 14.8 Å². The third-order valence-electron chi connectivity index (χ3n) is 4.04. The average Bonchev–Trinajstić information content (AvgIpc) is 2.93. The van der Waals surface area contributed by atoms with Crippen molar-refractivity contribution in [3.63, 3.8) is 0 Å². The van der Waals surface area contributed by atoms with Crippen LogP contribution < -0.4 is 14.8 Å². The number of fused-ring (bicyclic) bond motifs is 1. The van der Waals surface area contributed by atoms with Crippen molar-refractivity contribution in [1.82, 2.24) is 5.32 Å². The highest BCUT2D eigenvalue weighted by Gasteiger charge is 2.24. The van der Waals surface area contributed by atoms with E-state index >= 15 is 0 Å². The van der Waals surface area contributed by atoms with Gasteiger partial charge in [0.05, 0.1) is 4.47 Å². The number of ether oxygens (including phenoxy) is 2. The third kappa shape index (κ3) is 3.88. The molecule has 5 heteroatoms. The smallest absolute Gasteiger partial charge is 0.175 e. The number of rotatable bonds is 5. The Hall–Kier alpha value is -0.390. The fourth-order valence-electron chi connectivity index (χ4n) is 3.04. The molecule has 1 aromatic rings. The molecule has 0 amide bonds. The molecule has 0 bridgehead atoms. The summed E-state index contributed by atoms with van der Waals surface area (Å²) in [6, 6.07) is 4.88. The molecule has 2 atom stereocenters. The summed E-state index contributed by atoms with van der Waals surface area (Å²) < 4.78 is 12.3. The van der Waals surface area contributed by atoms with Gasteiger partial charge in [-0.2, -0.15) is 11.8 Å². The number of halogens is 1. The number of nitrogens with one attached hydrogen (secondary N) is 1. The Bertz CT molecular complexity index is 497. The number of hydrogen-bond acceptors (Lipinski definition) is 4.